The fourth-order valence-corrected chi connectivity index (χ4v) is 1.82. The number of hydrogen-bond donors (Lipinski definition) is 0. The van der Waals surface area contributed by atoms with Gasteiger partial charge >= 0.3 is 0 Å². The molecule has 78 valence electrons. The number of rotatable bonds is 6. The second-order valence-corrected chi connectivity index (χ2v) is 3.72. The van der Waals surface area contributed by atoms with E-state index in [4.69, 9.17) is 9.47 Å². The molecule has 1 rings (SSSR count). The fourth-order valence-electron chi connectivity index (χ4n) is 1.82. The molecular formula is C11H22O2. The first-order valence-electron chi connectivity index (χ1n) is 5.63. The Morgan fingerprint density at radius 2 is 2.08 bits per heavy atom. The Bertz CT molecular complexity index is 125. The van der Waals surface area contributed by atoms with Crippen LogP contribution in [0.2, 0.25) is 0 Å². The second kappa shape index (κ2) is 6.39. The van der Waals surface area contributed by atoms with Crippen molar-refractivity contribution in [3.05, 3.63) is 0 Å². The Hall–Kier alpha value is -0.0800. The summed E-state index contributed by atoms with van der Waals surface area (Å²) in [5.41, 5.74) is 0. The number of hydrogen-bond acceptors (Lipinski definition) is 2. The molecule has 1 heterocycles. The number of unbranched alkanes of at least 4 members (excludes halogenated alkanes) is 2. The normalized spacial score (nSPS) is 28.2. The minimum absolute atomic E-state index is 0.0941. The van der Waals surface area contributed by atoms with E-state index in [9.17, 15) is 0 Å². The first kappa shape index (κ1) is 11.0. The molecule has 2 heteroatoms. The van der Waals surface area contributed by atoms with Gasteiger partial charge in [0, 0.05) is 13.0 Å². The summed E-state index contributed by atoms with van der Waals surface area (Å²) in [5, 5.41) is 0. The van der Waals surface area contributed by atoms with Gasteiger partial charge in [-0.3, -0.25) is 0 Å². The molecule has 0 spiro atoms. The molecule has 0 aromatic heterocycles. The summed E-state index contributed by atoms with van der Waals surface area (Å²) in [6.45, 7) is 5.03. The lowest BCUT2D eigenvalue weighted by Crippen LogP contribution is -2.14. The van der Waals surface area contributed by atoms with E-state index in [2.05, 4.69) is 6.92 Å². The lowest BCUT2D eigenvalue weighted by molar-refractivity contribution is -0.131. The van der Waals surface area contributed by atoms with Crippen LogP contribution in [0.5, 0.6) is 0 Å². The molecule has 1 saturated heterocycles. The zero-order valence-corrected chi connectivity index (χ0v) is 8.92. The molecule has 1 aliphatic rings. The van der Waals surface area contributed by atoms with Gasteiger partial charge in [0.05, 0.1) is 6.10 Å². The predicted molar refractivity (Wildman–Crippen MR) is 53.7 cm³/mol. The molecule has 0 saturated carbocycles. The predicted octanol–water partition coefficient (Wildman–Crippen LogP) is 3.11. The maximum absolute atomic E-state index is 5.73. The van der Waals surface area contributed by atoms with Crippen LogP contribution in [-0.4, -0.2) is 19.0 Å². The smallest absolute Gasteiger partial charge is 0.158 e. The summed E-state index contributed by atoms with van der Waals surface area (Å²) < 4.78 is 11.1. The zero-order valence-electron chi connectivity index (χ0n) is 8.92. The standard InChI is InChI=1S/C11H22O2/c1-3-5-6-7-10-8-9-11(13-10)12-4-2/h10-11H,3-9H2,1-2H3/t10-,11-/m0/s1. The van der Waals surface area contributed by atoms with Crippen molar-refractivity contribution in [1.29, 1.82) is 0 Å². The summed E-state index contributed by atoms with van der Waals surface area (Å²) in [7, 11) is 0. The topological polar surface area (TPSA) is 18.5 Å². The van der Waals surface area contributed by atoms with E-state index < -0.39 is 0 Å². The van der Waals surface area contributed by atoms with Gasteiger partial charge in [-0.15, -0.1) is 0 Å². The highest BCUT2D eigenvalue weighted by Gasteiger charge is 2.24. The van der Waals surface area contributed by atoms with Crippen molar-refractivity contribution in [3.63, 3.8) is 0 Å². The van der Waals surface area contributed by atoms with Crippen LogP contribution in [0, 0.1) is 0 Å². The maximum Gasteiger partial charge on any atom is 0.158 e. The van der Waals surface area contributed by atoms with Crippen molar-refractivity contribution in [1.82, 2.24) is 0 Å². The van der Waals surface area contributed by atoms with Crippen LogP contribution >= 0.6 is 0 Å². The van der Waals surface area contributed by atoms with Crippen LogP contribution in [0.1, 0.15) is 52.4 Å². The van der Waals surface area contributed by atoms with E-state index in [1.165, 1.54) is 32.1 Å². The molecule has 0 radical (unpaired) electrons. The van der Waals surface area contributed by atoms with Gasteiger partial charge in [-0.25, -0.2) is 0 Å². The van der Waals surface area contributed by atoms with E-state index in [1.807, 2.05) is 6.92 Å². The Morgan fingerprint density at radius 3 is 2.77 bits per heavy atom. The van der Waals surface area contributed by atoms with E-state index in [1.54, 1.807) is 0 Å². The van der Waals surface area contributed by atoms with Crippen LogP contribution in [0.25, 0.3) is 0 Å². The highest BCUT2D eigenvalue weighted by Crippen LogP contribution is 2.24. The molecule has 2 nitrogen and oxygen atoms in total. The van der Waals surface area contributed by atoms with E-state index in [-0.39, 0.29) is 6.29 Å². The fraction of sp³-hybridized carbons (Fsp3) is 1.00. The van der Waals surface area contributed by atoms with Crippen LogP contribution in [-0.2, 0) is 9.47 Å². The van der Waals surface area contributed by atoms with Crippen molar-refractivity contribution >= 4 is 0 Å². The maximum atomic E-state index is 5.73. The Balaban J connectivity index is 2.03. The first-order valence-corrected chi connectivity index (χ1v) is 5.63. The molecule has 0 N–H and O–H groups in total. The van der Waals surface area contributed by atoms with Crippen molar-refractivity contribution < 1.29 is 9.47 Å². The second-order valence-electron chi connectivity index (χ2n) is 3.72. The molecule has 0 aromatic rings. The van der Waals surface area contributed by atoms with Gasteiger partial charge in [0.15, 0.2) is 6.29 Å². The molecule has 0 aromatic carbocycles. The van der Waals surface area contributed by atoms with Gasteiger partial charge in [0.1, 0.15) is 0 Å². The molecule has 1 aliphatic heterocycles. The van der Waals surface area contributed by atoms with Crippen LogP contribution < -0.4 is 0 Å². The molecular weight excluding hydrogens is 164 g/mol. The van der Waals surface area contributed by atoms with E-state index in [0.717, 1.165) is 13.0 Å². The van der Waals surface area contributed by atoms with Crippen molar-refractivity contribution in [2.24, 2.45) is 0 Å². The summed E-state index contributed by atoms with van der Waals surface area (Å²) in [6, 6.07) is 0. The number of ether oxygens (including phenoxy) is 2. The molecule has 13 heavy (non-hydrogen) atoms. The van der Waals surface area contributed by atoms with Crippen molar-refractivity contribution in [2.75, 3.05) is 6.61 Å². The molecule has 0 amide bonds. The quantitative estimate of drug-likeness (QED) is 0.593. The lowest BCUT2D eigenvalue weighted by Gasteiger charge is -2.12. The molecule has 1 fully saturated rings. The van der Waals surface area contributed by atoms with Gasteiger partial charge in [-0.1, -0.05) is 26.2 Å². The lowest BCUT2D eigenvalue weighted by atomic mass is 10.1. The van der Waals surface area contributed by atoms with Gasteiger partial charge < -0.3 is 9.47 Å². The highest BCUT2D eigenvalue weighted by atomic mass is 16.7. The monoisotopic (exact) mass is 186 g/mol. The average Bonchev–Trinajstić information content (AvgIpc) is 2.54. The first-order chi connectivity index (χ1) is 6.36. The summed E-state index contributed by atoms with van der Waals surface area (Å²) in [5.74, 6) is 0. The SMILES string of the molecule is CCCCC[C@H]1CC[C@@H](OCC)O1. The minimum Gasteiger partial charge on any atom is -0.353 e. The summed E-state index contributed by atoms with van der Waals surface area (Å²) in [4.78, 5) is 0. The average molecular weight is 186 g/mol. The Morgan fingerprint density at radius 1 is 1.23 bits per heavy atom. The molecule has 0 bridgehead atoms. The van der Waals surface area contributed by atoms with Gasteiger partial charge in [0.2, 0.25) is 0 Å². The third-order valence-electron chi connectivity index (χ3n) is 2.55. The third-order valence-corrected chi connectivity index (χ3v) is 2.55. The van der Waals surface area contributed by atoms with E-state index in [0.29, 0.717) is 6.10 Å². The molecule has 0 aliphatic carbocycles. The summed E-state index contributed by atoms with van der Waals surface area (Å²) >= 11 is 0. The van der Waals surface area contributed by atoms with Crippen molar-refractivity contribution in [2.45, 2.75) is 64.8 Å². The van der Waals surface area contributed by atoms with Gasteiger partial charge in [-0.05, 0) is 19.8 Å². The minimum atomic E-state index is 0.0941. The highest BCUT2D eigenvalue weighted by molar-refractivity contribution is 4.68. The van der Waals surface area contributed by atoms with Crippen LogP contribution in [0.3, 0.4) is 0 Å². The largest absolute Gasteiger partial charge is 0.353 e. The zero-order chi connectivity index (χ0) is 9.52. The molecule has 0 unspecified atom stereocenters. The Labute approximate surface area is 81.6 Å². The summed E-state index contributed by atoms with van der Waals surface area (Å²) in [6.07, 6.45) is 8.00. The van der Waals surface area contributed by atoms with Crippen molar-refractivity contribution in [3.8, 4) is 0 Å². The Kier molecular flexibility index (Phi) is 5.40. The third kappa shape index (κ3) is 4.10. The van der Waals surface area contributed by atoms with Crippen LogP contribution in [0.4, 0.5) is 0 Å². The van der Waals surface area contributed by atoms with Crippen LogP contribution in [0.15, 0.2) is 0 Å². The molecule has 2 atom stereocenters. The van der Waals surface area contributed by atoms with Gasteiger partial charge in [-0.2, -0.15) is 0 Å². The van der Waals surface area contributed by atoms with Gasteiger partial charge in [0.25, 0.3) is 0 Å². The van der Waals surface area contributed by atoms with E-state index >= 15 is 0 Å².